The maximum Gasteiger partial charge on any atom is 0.270 e. The topological polar surface area (TPSA) is 54.3 Å². The maximum atomic E-state index is 13.0. The average molecular weight is 396 g/mol. The molecule has 0 unspecified atom stereocenters. The lowest BCUT2D eigenvalue weighted by atomic mass is 10.1. The minimum absolute atomic E-state index is 0.0231. The molecule has 2 heterocycles. The van der Waals surface area contributed by atoms with Gasteiger partial charge in [-0.1, -0.05) is 29.8 Å². The number of benzene rings is 2. The smallest absolute Gasteiger partial charge is 0.270 e. The molecule has 0 atom stereocenters. The van der Waals surface area contributed by atoms with Gasteiger partial charge in [-0.25, -0.2) is 0 Å². The Balaban J connectivity index is 1.80. The molecular formula is C20H14ClN3O2S. The number of hydrogen-bond donors (Lipinski definition) is 1. The summed E-state index contributed by atoms with van der Waals surface area (Å²) in [6.45, 7) is 0. The first kappa shape index (κ1) is 17.5. The molecule has 0 radical (unpaired) electrons. The molecule has 0 bridgehead atoms. The van der Waals surface area contributed by atoms with Gasteiger partial charge in [0.25, 0.3) is 11.8 Å². The molecule has 1 aliphatic heterocycles. The SMILES string of the molecule is Cn1cc(/C=C2\C(=O)NC(=S)N(c3ccc(Cl)cc3)C2=O)c2ccccc21. The molecule has 2 amide bonds. The lowest BCUT2D eigenvalue weighted by molar-refractivity contribution is -0.122. The van der Waals surface area contributed by atoms with Crippen LogP contribution in [0.15, 0.2) is 60.3 Å². The molecule has 1 N–H and O–H groups in total. The van der Waals surface area contributed by atoms with Crippen molar-refractivity contribution in [3.63, 3.8) is 0 Å². The Morgan fingerprint density at radius 3 is 2.52 bits per heavy atom. The number of carbonyl (C=O) groups is 2. The fourth-order valence-electron chi connectivity index (χ4n) is 3.13. The molecule has 1 saturated heterocycles. The van der Waals surface area contributed by atoms with Crippen molar-refractivity contribution in [1.29, 1.82) is 0 Å². The van der Waals surface area contributed by atoms with Gasteiger partial charge >= 0.3 is 0 Å². The third-order valence-corrected chi connectivity index (χ3v) is 4.95. The number of aryl methyl sites for hydroxylation is 1. The van der Waals surface area contributed by atoms with Crippen LogP contribution in [0.4, 0.5) is 5.69 Å². The summed E-state index contributed by atoms with van der Waals surface area (Å²) >= 11 is 11.1. The second-order valence-electron chi connectivity index (χ2n) is 6.15. The third-order valence-electron chi connectivity index (χ3n) is 4.41. The number of fused-ring (bicyclic) bond motifs is 1. The zero-order valence-electron chi connectivity index (χ0n) is 14.3. The van der Waals surface area contributed by atoms with Crippen molar-refractivity contribution in [2.24, 2.45) is 7.05 Å². The van der Waals surface area contributed by atoms with Crippen LogP contribution < -0.4 is 10.2 Å². The van der Waals surface area contributed by atoms with Crippen LogP contribution in [0.2, 0.25) is 5.02 Å². The summed E-state index contributed by atoms with van der Waals surface area (Å²) in [4.78, 5) is 26.8. The van der Waals surface area contributed by atoms with Gasteiger partial charge in [0.2, 0.25) is 0 Å². The summed E-state index contributed by atoms with van der Waals surface area (Å²) in [6, 6.07) is 14.5. The number of para-hydroxylation sites is 1. The van der Waals surface area contributed by atoms with E-state index in [4.69, 9.17) is 23.8 Å². The molecule has 1 fully saturated rings. The van der Waals surface area contributed by atoms with Crippen LogP contribution in [0.1, 0.15) is 5.56 Å². The van der Waals surface area contributed by atoms with Gasteiger partial charge in [0.05, 0.1) is 5.69 Å². The van der Waals surface area contributed by atoms with Crippen LogP contribution >= 0.6 is 23.8 Å². The van der Waals surface area contributed by atoms with E-state index < -0.39 is 11.8 Å². The average Bonchev–Trinajstić information content (AvgIpc) is 2.96. The standard InChI is InChI=1S/C20H14ClN3O2S/c1-23-11-12(15-4-2-3-5-17(15)23)10-16-18(25)22-20(27)24(19(16)26)14-8-6-13(21)7-9-14/h2-11H,1H3,(H,22,25,27)/b16-10+. The van der Waals surface area contributed by atoms with E-state index in [1.807, 2.05) is 42.1 Å². The monoisotopic (exact) mass is 395 g/mol. The van der Waals surface area contributed by atoms with Crippen molar-refractivity contribution < 1.29 is 9.59 Å². The van der Waals surface area contributed by atoms with E-state index >= 15 is 0 Å². The van der Waals surface area contributed by atoms with Gasteiger partial charge < -0.3 is 4.57 Å². The first-order valence-electron chi connectivity index (χ1n) is 8.17. The summed E-state index contributed by atoms with van der Waals surface area (Å²) in [5, 5.41) is 4.14. The Labute approximate surface area is 165 Å². The number of thiocarbonyl (C=S) groups is 1. The Kier molecular flexibility index (Phi) is 4.30. The molecule has 5 nitrogen and oxygen atoms in total. The minimum Gasteiger partial charge on any atom is -0.350 e. The Morgan fingerprint density at radius 2 is 1.78 bits per heavy atom. The molecule has 1 aromatic heterocycles. The molecule has 0 saturated carbocycles. The maximum absolute atomic E-state index is 13.0. The van der Waals surface area contributed by atoms with Crippen LogP contribution in [-0.2, 0) is 16.6 Å². The lowest BCUT2D eigenvalue weighted by Crippen LogP contribution is -2.54. The zero-order valence-corrected chi connectivity index (χ0v) is 15.8. The highest BCUT2D eigenvalue weighted by atomic mass is 35.5. The summed E-state index contributed by atoms with van der Waals surface area (Å²) in [7, 11) is 1.92. The van der Waals surface area contributed by atoms with E-state index in [9.17, 15) is 9.59 Å². The summed E-state index contributed by atoms with van der Waals surface area (Å²) in [5.41, 5.74) is 2.36. The summed E-state index contributed by atoms with van der Waals surface area (Å²) in [5.74, 6) is -0.984. The summed E-state index contributed by atoms with van der Waals surface area (Å²) < 4.78 is 1.95. The van der Waals surface area contributed by atoms with E-state index in [0.717, 1.165) is 16.5 Å². The third kappa shape index (κ3) is 3.03. The second kappa shape index (κ2) is 6.64. The largest absolute Gasteiger partial charge is 0.350 e. The number of rotatable bonds is 2. The molecule has 4 rings (SSSR count). The van der Waals surface area contributed by atoms with E-state index in [2.05, 4.69) is 5.32 Å². The number of halogens is 1. The Bertz CT molecular complexity index is 1130. The fourth-order valence-corrected chi connectivity index (χ4v) is 3.53. The first-order chi connectivity index (χ1) is 13.0. The minimum atomic E-state index is -0.511. The number of carbonyl (C=O) groups excluding carboxylic acids is 2. The summed E-state index contributed by atoms with van der Waals surface area (Å²) in [6.07, 6.45) is 3.49. The number of nitrogens with zero attached hydrogens (tertiary/aromatic N) is 2. The van der Waals surface area contributed by atoms with Gasteiger partial charge in [0, 0.05) is 34.7 Å². The molecule has 134 valence electrons. The van der Waals surface area contributed by atoms with Gasteiger partial charge in [-0.05, 0) is 48.6 Å². The molecule has 1 aliphatic rings. The lowest BCUT2D eigenvalue weighted by Gasteiger charge is -2.28. The van der Waals surface area contributed by atoms with Gasteiger partial charge in [0.15, 0.2) is 5.11 Å². The van der Waals surface area contributed by atoms with E-state index in [0.29, 0.717) is 10.7 Å². The van der Waals surface area contributed by atoms with Crippen LogP contribution in [0.5, 0.6) is 0 Å². The quantitative estimate of drug-likeness (QED) is 0.409. The van der Waals surface area contributed by atoms with Gasteiger partial charge in [-0.15, -0.1) is 0 Å². The molecule has 27 heavy (non-hydrogen) atoms. The predicted molar refractivity (Wildman–Crippen MR) is 111 cm³/mol. The highest BCUT2D eigenvalue weighted by Crippen LogP contribution is 2.26. The molecule has 3 aromatic rings. The first-order valence-corrected chi connectivity index (χ1v) is 8.95. The van der Waals surface area contributed by atoms with Gasteiger partial charge in [0.1, 0.15) is 5.57 Å². The second-order valence-corrected chi connectivity index (χ2v) is 6.97. The molecule has 0 spiro atoms. The number of anilines is 1. The zero-order chi connectivity index (χ0) is 19.1. The Morgan fingerprint density at radius 1 is 1.07 bits per heavy atom. The van der Waals surface area contributed by atoms with Crippen molar-refractivity contribution in [3.05, 3.63) is 70.9 Å². The van der Waals surface area contributed by atoms with Gasteiger partial charge in [-0.2, -0.15) is 0 Å². The number of hydrogen-bond acceptors (Lipinski definition) is 3. The molecular weight excluding hydrogens is 382 g/mol. The number of aromatic nitrogens is 1. The highest BCUT2D eigenvalue weighted by molar-refractivity contribution is 7.80. The van der Waals surface area contributed by atoms with Crippen LogP contribution in [0, 0.1) is 0 Å². The van der Waals surface area contributed by atoms with Gasteiger partial charge in [-0.3, -0.25) is 19.8 Å². The fraction of sp³-hybridized carbons (Fsp3) is 0.0500. The predicted octanol–water partition coefficient (Wildman–Crippen LogP) is 3.66. The molecule has 2 aromatic carbocycles. The van der Waals surface area contributed by atoms with Crippen molar-refractivity contribution in [3.8, 4) is 0 Å². The Hall–Kier alpha value is -2.96. The van der Waals surface area contributed by atoms with E-state index in [-0.39, 0.29) is 10.7 Å². The molecule has 7 heteroatoms. The van der Waals surface area contributed by atoms with Crippen molar-refractivity contribution in [1.82, 2.24) is 9.88 Å². The van der Waals surface area contributed by atoms with E-state index in [1.54, 1.807) is 30.3 Å². The van der Waals surface area contributed by atoms with Crippen molar-refractivity contribution in [2.75, 3.05) is 4.90 Å². The number of amides is 2. The number of nitrogens with one attached hydrogen (secondary N) is 1. The van der Waals surface area contributed by atoms with Crippen molar-refractivity contribution >= 4 is 63.4 Å². The van der Waals surface area contributed by atoms with E-state index in [1.165, 1.54) is 4.90 Å². The molecule has 0 aliphatic carbocycles. The van der Waals surface area contributed by atoms with Crippen LogP contribution in [0.25, 0.3) is 17.0 Å². The normalized spacial score (nSPS) is 16.3. The highest BCUT2D eigenvalue weighted by Gasteiger charge is 2.34. The van der Waals surface area contributed by atoms with Crippen LogP contribution in [-0.4, -0.2) is 21.5 Å². The van der Waals surface area contributed by atoms with Crippen LogP contribution in [0.3, 0.4) is 0 Å². The van der Waals surface area contributed by atoms with Crippen molar-refractivity contribution in [2.45, 2.75) is 0 Å².